The van der Waals surface area contributed by atoms with Crippen LogP contribution in [0.3, 0.4) is 0 Å². The zero-order valence-electron chi connectivity index (χ0n) is 25.3. The molecule has 4 aromatic carbocycles. The Morgan fingerprint density at radius 2 is 1.65 bits per heavy atom. The van der Waals surface area contributed by atoms with E-state index in [4.69, 9.17) is 9.47 Å². The molecule has 1 amide bonds. The van der Waals surface area contributed by atoms with Gasteiger partial charge in [-0.2, -0.15) is 0 Å². The number of likely N-dealkylation sites (tertiary alicyclic amines) is 1. The first-order chi connectivity index (χ1) is 20.7. The third-order valence-electron chi connectivity index (χ3n) is 8.39. The van der Waals surface area contributed by atoms with Crippen LogP contribution >= 0.6 is 0 Å². The second-order valence-electron chi connectivity index (χ2n) is 12.9. The fraction of sp³-hybridized carbons (Fsp3) is 0.361. The fourth-order valence-electron chi connectivity index (χ4n) is 6.14. The van der Waals surface area contributed by atoms with Crippen LogP contribution in [0.4, 0.5) is 9.18 Å². The number of fused-ring (bicyclic) bond motifs is 1. The molecule has 1 aliphatic rings. The zero-order valence-corrected chi connectivity index (χ0v) is 26.3. The van der Waals surface area contributed by atoms with Crippen molar-refractivity contribution in [3.05, 3.63) is 114 Å². The Hall–Kier alpha value is -3.68. The molecule has 3 unspecified atom stereocenters. The third-order valence-corrected chi connectivity index (χ3v) is 10.2. The van der Waals surface area contributed by atoms with Crippen LogP contribution < -0.4 is 4.74 Å². The summed E-state index contributed by atoms with van der Waals surface area (Å²) in [5.41, 5.74) is 3.19. The molecule has 7 heteroatoms. The molecule has 0 bridgehead atoms. The third kappa shape index (κ3) is 8.24. The van der Waals surface area contributed by atoms with Crippen molar-refractivity contribution in [3.63, 3.8) is 0 Å². The minimum Gasteiger partial charge on any atom is -0.493 e. The first kappa shape index (κ1) is 30.8. The standard InChI is InChI=1S/C36H42FNO4Si/c1-43(2,3)20-18-30-23-38(36(39)40)24-34(35(30)28-13-15-31(37)16-14-28)42-25-27-21-29-11-7-8-12-32(29)33(22-27)41-19-17-26-9-5-4-6-10-26/h4-16,21-22,30,34-35H,17-20,23-25H2,1-3H3,(H,39,40). The summed E-state index contributed by atoms with van der Waals surface area (Å²) in [4.78, 5) is 13.7. The molecule has 5 nitrogen and oxygen atoms in total. The lowest BCUT2D eigenvalue weighted by atomic mass is 9.77. The molecule has 1 fully saturated rings. The van der Waals surface area contributed by atoms with Gasteiger partial charge in [0.1, 0.15) is 11.6 Å². The number of carboxylic acid groups (broad SMARTS) is 1. The molecule has 1 N–H and O–H groups in total. The number of amides is 1. The van der Waals surface area contributed by atoms with E-state index in [-0.39, 0.29) is 30.3 Å². The maximum atomic E-state index is 13.9. The smallest absolute Gasteiger partial charge is 0.407 e. The van der Waals surface area contributed by atoms with Crippen molar-refractivity contribution in [3.8, 4) is 5.75 Å². The van der Waals surface area contributed by atoms with Crippen LogP contribution in [0.1, 0.15) is 29.0 Å². The zero-order chi connectivity index (χ0) is 30.4. The van der Waals surface area contributed by atoms with E-state index in [2.05, 4.69) is 50.0 Å². The number of rotatable bonds is 11. The molecule has 0 radical (unpaired) electrons. The van der Waals surface area contributed by atoms with Crippen LogP contribution in [0.15, 0.2) is 91.0 Å². The lowest BCUT2D eigenvalue weighted by Gasteiger charge is -2.43. The average molecular weight is 600 g/mol. The Bertz CT molecular complexity index is 1510. The molecule has 4 aromatic rings. The van der Waals surface area contributed by atoms with Crippen LogP contribution in [0.2, 0.25) is 25.7 Å². The van der Waals surface area contributed by atoms with Gasteiger partial charge in [-0.25, -0.2) is 9.18 Å². The van der Waals surface area contributed by atoms with Crippen molar-refractivity contribution in [2.24, 2.45) is 5.92 Å². The predicted octanol–water partition coefficient (Wildman–Crippen LogP) is 8.61. The largest absolute Gasteiger partial charge is 0.493 e. The van der Waals surface area contributed by atoms with Gasteiger partial charge in [0.15, 0.2) is 0 Å². The topological polar surface area (TPSA) is 59.0 Å². The minimum absolute atomic E-state index is 0.0328. The molecular weight excluding hydrogens is 557 g/mol. The van der Waals surface area contributed by atoms with Crippen molar-refractivity contribution < 1.29 is 23.8 Å². The minimum atomic E-state index is -1.37. The molecule has 5 rings (SSSR count). The van der Waals surface area contributed by atoms with Crippen molar-refractivity contribution >= 4 is 24.9 Å². The van der Waals surface area contributed by atoms with E-state index in [9.17, 15) is 14.3 Å². The first-order valence-electron chi connectivity index (χ1n) is 15.2. The normalized spacial score (nSPS) is 19.0. The van der Waals surface area contributed by atoms with Crippen molar-refractivity contribution in [1.29, 1.82) is 0 Å². The number of benzene rings is 4. The SMILES string of the molecule is C[Si](C)(C)CCC1CN(C(=O)O)CC(OCc2cc(OCCc3ccccc3)c3ccccc3c2)C1c1ccc(F)cc1. The first-order valence-corrected chi connectivity index (χ1v) is 18.9. The Balaban J connectivity index is 1.39. The molecule has 1 aliphatic heterocycles. The molecule has 3 atom stereocenters. The van der Waals surface area contributed by atoms with Gasteiger partial charge in [0.2, 0.25) is 0 Å². The maximum absolute atomic E-state index is 13.9. The van der Waals surface area contributed by atoms with Gasteiger partial charge in [-0.15, -0.1) is 0 Å². The molecule has 0 saturated carbocycles. The van der Waals surface area contributed by atoms with E-state index in [0.29, 0.717) is 19.8 Å². The van der Waals surface area contributed by atoms with Gasteiger partial charge in [-0.1, -0.05) is 98.8 Å². The number of piperidine rings is 1. The highest BCUT2D eigenvalue weighted by atomic mass is 28.3. The summed E-state index contributed by atoms with van der Waals surface area (Å²) in [6.07, 6.45) is 0.428. The lowest BCUT2D eigenvalue weighted by molar-refractivity contribution is -0.0401. The summed E-state index contributed by atoms with van der Waals surface area (Å²) in [5.74, 6) is 0.584. The van der Waals surface area contributed by atoms with Gasteiger partial charge in [0.05, 0.1) is 25.9 Å². The molecule has 0 aliphatic carbocycles. The average Bonchev–Trinajstić information content (AvgIpc) is 2.99. The second kappa shape index (κ2) is 13.7. The Morgan fingerprint density at radius 1 is 0.930 bits per heavy atom. The van der Waals surface area contributed by atoms with E-state index in [1.54, 1.807) is 0 Å². The van der Waals surface area contributed by atoms with Crippen molar-refractivity contribution in [1.82, 2.24) is 4.90 Å². The summed E-state index contributed by atoms with van der Waals surface area (Å²) in [5, 5.41) is 12.1. The number of nitrogens with zero attached hydrogens (tertiary/aromatic N) is 1. The molecule has 1 heterocycles. The highest BCUT2D eigenvalue weighted by Crippen LogP contribution is 2.39. The highest BCUT2D eigenvalue weighted by molar-refractivity contribution is 6.76. The number of halogens is 1. The number of hydrogen-bond acceptors (Lipinski definition) is 3. The van der Waals surface area contributed by atoms with Crippen molar-refractivity contribution in [2.45, 2.75) is 57.2 Å². The Labute approximate surface area is 255 Å². The summed E-state index contributed by atoms with van der Waals surface area (Å²) < 4.78 is 26.9. The monoisotopic (exact) mass is 599 g/mol. The highest BCUT2D eigenvalue weighted by Gasteiger charge is 2.40. The van der Waals surface area contributed by atoms with Gasteiger partial charge in [-0.05, 0) is 52.3 Å². The summed E-state index contributed by atoms with van der Waals surface area (Å²) in [6, 6.07) is 30.4. The van der Waals surface area contributed by atoms with Crippen molar-refractivity contribution in [2.75, 3.05) is 19.7 Å². The van der Waals surface area contributed by atoms with Crippen LogP contribution in [-0.4, -0.2) is 50.0 Å². The molecule has 226 valence electrons. The molecule has 43 heavy (non-hydrogen) atoms. The maximum Gasteiger partial charge on any atom is 0.407 e. The molecule has 0 aromatic heterocycles. The van der Waals surface area contributed by atoms with Gasteiger partial charge < -0.3 is 19.5 Å². The van der Waals surface area contributed by atoms with Crippen LogP contribution in [0.5, 0.6) is 5.75 Å². The van der Waals surface area contributed by atoms with Crippen LogP contribution in [0.25, 0.3) is 10.8 Å². The number of hydrogen-bond donors (Lipinski definition) is 1. The van der Waals surface area contributed by atoms with E-state index in [1.165, 1.54) is 22.6 Å². The second-order valence-corrected chi connectivity index (χ2v) is 18.5. The number of ether oxygens (including phenoxy) is 2. The predicted molar refractivity (Wildman–Crippen MR) is 173 cm³/mol. The van der Waals surface area contributed by atoms with E-state index in [0.717, 1.165) is 46.5 Å². The fourth-order valence-corrected chi connectivity index (χ4v) is 7.38. The van der Waals surface area contributed by atoms with Gasteiger partial charge >= 0.3 is 6.09 Å². The quantitative estimate of drug-likeness (QED) is 0.175. The lowest BCUT2D eigenvalue weighted by Crippen LogP contribution is -2.51. The Morgan fingerprint density at radius 3 is 2.37 bits per heavy atom. The van der Waals surface area contributed by atoms with E-state index < -0.39 is 14.2 Å². The van der Waals surface area contributed by atoms with E-state index >= 15 is 0 Å². The van der Waals surface area contributed by atoms with Crippen LogP contribution in [-0.2, 0) is 17.8 Å². The van der Waals surface area contributed by atoms with Crippen LogP contribution in [0, 0.1) is 11.7 Å². The molecule has 1 saturated heterocycles. The molecular formula is C36H42FNO4Si. The number of carbonyl (C=O) groups is 1. The molecule has 0 spiro atoms. The van der Waals surface area contributed by atoms with Gasteiger partial charge in [0, 0.05) is 32.3 Å². The van der Waals surface area contributed by atoms with Gasteiger partial charge in [-0.3, -0.25) is 0 Å². The van der Waals surface area contributed by atoms with Gasteiger partial charge in [0.25, 0.3) is 0 Å². The summed E-state index contributed by atoms with van der Waals surface area (Å²) >= 11 is 0. The van der Waals surface area contributed by atoms with E-state index in [1.807, 2.05) is 48.5 Å². The summed E-state index contributed by atoms with van der Waals surface area (Å²) in [7, 11) is -1.37. The summed E-state index contributed by atoms with van der Waals surface area (Å²) in [6.45, 7) is 8.61. The Kier molecular flexibility index (Phi) is 9.83.